The molecule has 1 amide bonds. The van der Waals surface area contributed by atoms with Gasteiger partial charge in [-0.25, -0.2) is 8.78 Å². The summed E-state index contributed by atoms with van der Waals surface area (Å²) in [5, 5.41) is 8.18. The lowest BCUT2D eigenvalue weighted by atomic mass is 9.80. The van der Waals surface area contributed by atoms with E-state index in [1.54, 1.807) is 9.58 Å². The van der Waals surface area contributed by atoms with Crippen LogP contribution in [-0.4, -0.2) is 77.0 Å². The quantitative estimate of drug-likeness (QED) is 0.707. The minimum Gasteiger partial charge on any atom is -0.379 e. The van der Waals surface area contributed by atoms with Crippen LogP contribution in [0.1, 0.15) is 30.1 Å². The van der Waals surface area contributed by atoms with E-state index in [-0.39, 0.29) is 24.7 Å². The number of aromatic nitrogens is 3. The fourth-order valence-electron chi connectivity index (χ4n) is 3.48. The summed E-state index contributed by atoms with van der Waals surface area (Å²) >= 11 is 0. The van der Waals surface area contributed by atoms with Crippen molar-refractivity contribution in [2.24, 2.45) is 13.0 Å². The molecular formula is C16H25F2N5O2. The lowest BCUT2D eigenvalue weighted by molar-refractivity contribution is -0.161. The molecule has 0 spiro atoms. The van der Waals surface area contributed by atoms with E-state index >= 15 is 0 Å². The number of amides is 1. The van der Waals surface area contributed by atoms with Crippen molar-refractivity contribution in [3.05, 3.63) is 11.4 Å². The van der Waals surface area contributed by atoms with E-state index in [9.17, 15) is 13.6 Å². The molecule has 1 aromatic heterocycles. The Labute approximate surface area is 145 Å². The summed E-state index contributed by atoms with van der Waals surface area (Å²) < 4.78 is 33.6. The second-order valence-corrected chi connectivity index (χ2v) is 7.30. The molecule has 0 aromatic carbocycles. The van der Waals surface area contributed by atoms with Gasteiger partial charge in [0.1, 0.15) is 5.69 Å². The van der Waals surface area contributed by atoms with Crippen molar-refractivity contribution in [2.75, 3.05) is 40.4 Å². The SMILES string of the molecule is CN(C)CCOCC1CN(C(=O)C2CC(F)(F)C2)Cc2nnn(C)c21. The number of hydrogen-bond donors (Lipinski definition) is 0. The number of ether oxygens (including phenoxy) is 1. The first-order valence-corrected chi connectivity index (χ1v) is 8.54. The Bertz CT molecular complexity index is 626. The van der Waals surface area contributed by atoms with E-state index in [4.69, 9.17) is 4.74 Å². The molecule has 0 N–H and O–H groups in total. The number of alkyl halides is 2. The topological polar surface area (TPSA) is 63.5 Å². The average Bonchev–Trinajstić information content (AvgIpc) is 2.89. The Hall–Kier alpha value is -1.61. The van der Waals surface area contributed by atoms with Crippen molar-refractivity contribution in [1.82, 2.24) is 24.8 Å². The molecule has 0 bridgehead atoms. The molecule has 9 heteroatoms. The van der Waals surface area contributed by atoms with Crippen LogP contribution < -0.4 is 0 Å². The number of nitrogens with zero attached hydrogens (tertiary/aromatic N) is 5. The van der Waals surface area contributed by atoms with E-state index in [1.807, 2.05) is 26.0 Å². The minimum atomic E-state index is -2.69. The van der Waals surface area contributed by atoms with Crippen molar-refractivity contribution >= 4 is 5.91 Å². The molecule has 1 atom stereocenters. The lowest BCUT2D eigenvalue weighted by Crippen LogP contribution is -2.49. The van der Waals surface area contributed by atoms with Gasteiger partial charge in [-0.05, 0) is 14.1 Å². The highest BCUT2D eigenvalue weighted by molar-refractivity contribution is 5.80. The highest BCUT2D eigenvalue weighted by Gasteiger charge is 2.50. The number of halogens is 2. The van der Waals surface area contributed by atoms with Crippen molar-refractivity contribution in [2.45, 2.75) is 31.2 Å². The largest absolute Gasteiger partial charge is 0.379 e. The Morgan fingerprint density at radius 2 is 2.12 bits per heavy atom. The molecular weight excluding hydrogens is 332 g/mol. The van der Waals surface area contributed by atoms with Gasteiger partial charge < -0.3 is 14.5 Å². The molecule has 0 radical (unpaired) electrons. The Morgan fingerprint density at radius 1 is 1.40 bits per heavy atom. The summed E-state index contributed by atoms with van der Waals surface area (Å²) in [6.45, 7) is 2.64. The third-order valence-electron chi connectivity index (χ3n) is 4.86. The van der Waals surface area contributed by atoms with Crippen LogP contribution in [0.2, 0.25) is 0 Å². The van der Waals surface area contributed by atoms with Gasteiger partial charge in [0.05, 0.1) is 25.5 Å². The highest BCUT2D eigenvalue weighted by atomic mass is 19.3. The van der Waals surface area contributed by atoms with Crippen molar-refractivity contribution in [3.63, 3.8) is 0 Å². The monoisotopic (exact) mass is 357 g/mol. The van der Waals surface area contributed by atoms with Gasteiger partial charge in [0, 0.05) is 44.8 Å². The van der Waals surface area contributed by atoms with Gasteiger partial charge in [0.2, 0.25) is 11.8 Å². The zero-order valence-corrected chi connectivity index (χ0v) is 14.9. The van der Waals surface area contributed by atoms with Crippen LogP contribution in [0.15, 0.2) is 0 Å². The van der Waals surface area contributed by atoms with Crippen LogP contribution in [0.3, 0.4) is 0 Å². The first kappa shape index (κ1) is 18.2. The average molecular weight is 357 g/mol. The second-order valence-electron chi connectivity index (χ2n) is 7.30. The smallest absolute Gasteiger partial charge is 0.249 e. The number of likely N-dealkylation sites (N-methyl/N-ethyl adjacent to an activating group) is 1. The normalized spacial score (nSPS) is 22.8. The van der Waals surface area contributed by atoms with Crippen LogP contribution in [-0.2, 0) is 23.1 Å². The zero-order valence-electron chi connectivity index (χ0n) is 14.9. The van der Waals surface area contributed by atoms with Gasteiger partial charge in [-0.3, -0.25) is 9.48 Å². The maximum absolute atomic E-state index is 13.1. The summed E-state index contributed by atoms with van der Waals surface area (Å²) in [4.78, 5) is 16.2. The molecule has 2 heterocycles. The standard InChI is InChI=1S/C16H25F2N5O2/c1-21(2)4-5-25-10-12-8-23(9-13-14(12)22(3)20-19-13)15(24)11-6-16(17,18)7-11/h11-12H,4-10H2,1-3H3. The van der Waals surface area contributed by atoms with Crippen LogP contribution in [0.4, 0.5) is 8.78 Å². The first-order chi connectivity index (χ1) is 11.8. The third kappa shape index (κ3) is 3.98. The maximum atomic E-state index is 13.1. The fraction of sp³-hybridized carbons (Fsp3) is 0.812. The number of hydrogen-bond acceptors (Lipinski definition) is 5. The number of rotatable bonds is 6. The van der Waals surface area contributed by atoms with Gasteiger partial charge in [-0.15, -0.1) is 5.10 Å². The van der Waals surface area contributed by atoms with Crippen LogP contribution in [0.5, 0.6) is 0 Å². The Kier molecular flexibility index (Phi) is 5.06. The number of aryl methyl sites for hydroxylation is 1. The van der Waals surface area contributed by atoms with Gasteiger partial charge in [0.25, 0.3) is 0 Å². The van der Waals surface area contributed by atoms with Crippen LogP contribution in [0, 0.1) is 5.92 Å². The second kappa shape index (κ2) is 6.95. The Morgan fingerprint density at radius 3 is 2.76 bits per heavy atom. The predicted octanol–water partition coefficient (Wildman–Crippen LogP) is 0.864. The van der Waals surface area contributed by atoms with Crippen LogP contribution in [0.25, 0.3) is 0 Å². The molecule has 1 fully saturated rings. The number of carbonyl (C=O) groups excluding carboxylic acids is 1. The number of carbonyl (C=O) groups is 1. The predicted molar refractivity (Wildman–Crippen MR) is 86.2 cm³/mol. The highest BCUT2D eigenvalue weighted by Crippen LogP contribution is 2.44. The van der Waals surface area contributed by atoms with Gasteiger partial charge in [-0.1, -0.05) is 5.21 Å². The number of fused-ring (bicyclic) bond motifs is 1. The molecule has 0 saturated heterocycles. The first-order valence-electron chi connectivity index (χ1n) is 8.54. The fourth-order valence-corrected chi connectivity index (χ4v) is 3.48. The molecule has 1 aliphatic heterocycles. The van der Waals surface area contributed by atoms with Gasteiger partial charge in [0.15, 0.2) is 0 Å². The molecule has 3 rings (SSSR count). The van der Waals surface area contributed by atoms with E-state index in [0.717, 1.165) is 17.9 Å². The summed E-state index contributed by atoms with van der Waals surface area (Å²) in [5.74, 6) is -3.53. The van der Waals surface area contributed by atoms with Crippen molar-refractivity contribution in [1.29, 1.82) is 0 Å². The lowest BCUT2D eigenvalue weighted by Gasteiger charge is -2.39. The van der Waals surface area contributed by atoms with E-state index < -0.39 is 11.8 Å². The molecule has 1 saturated carbocycles. The Balaban J connectivity index is 1.65. The molecule has 1 unspecified atom stereocenters. The minimum absolute atomic E-state index is 0.0459. The summed E-state index contributed by atoms with van der Waals surface area (Å²) in [7, 11) is 5.77. The van der Waals surface area contributed by atoms with E-state index in [0.29, 0.717) is 26.3 Å². The van der Waals surface area contributed by atoms with Crippen molar-refractivity contribution in [3.8, 4) is 0 Å². The molecule has 7 nitrogen and oxygen atoms in total. The molecule has 2 aliphatic rings. The molecule has 25 heavy (non-hydrogen) atoms. The maximum Gasteiger partial charge on any atom is 0.249 e. The summed E-state index contributed by atoms with van der Waals surface area (Å²) in [6, 6.07) is 0. The third-order valence-corrected chi connectivity index (χ3v) is 4.86. The zero-order chi connectivity index (χ0) is 18.2. The van der Waals surface area contributed by atoms with E-state index in [2.05, 4.69) is 10.3 Å². The summed E-state index contributed by atoms with van der Waals surface area (Å²) in [5.41, 5.74) is 1.70. The summed E-state index contributed by atoms with van der Waals surface area (Å²) in [6.07, 6.45) is -0.695. The van der Waals surface area contributed by atoms with Gasteiger partial charge >= 0.3 is 0 Å². The molecule has 1 aromatic rings. The van der Waals surface area contributed by atoms with Crippen LogP contribution >= 0.6 is 0 Å². The molecule has 140 valence electrons. The van der Waals surface area contributed by atoms with Crippen molar-refractivity contribution < 1.29 is 18.3 Å². The van der Waals surface area contributed by atoms with Gasteiger partial charge in [-0.2, -0.15) is 0 Å². The molecule has 1 aliphatic carbocycles. The van der Waals surface area contributed by atoms with E-state index in [1.165, 1.54) is 0 Å².